The van der Waals surface area contributed by atoms with E-state index in [0.29, 0.717) is 0 Å². The van der Waals surface area contributed by atoms with Gasteiger partial charge in [-0.05, 0) is 61.7 Å². The van der Waals surface area contributed by atoms with Crippen LogP contribution < -0.4 is 5.32 Å². The fourth-order valence-corrected chi connectivity index (χ4v) is 2.41. The number of halogens is 2. The Bertz CT molecular complexity index is 590. The summed E-state index contributed by atoms with van der Waals surface area (Å²) in [7, 11) is 0. The van der Waals surface area contributed by atoms with Gasteiger partial charge in [-0.15, -0.1) is 0 Å². The van der Waals surface area contributed by atoms with Gasteiger partial charge < -0.3 is 5.32 Å². The van der Waals surface area contributed by atoms with Crippen molar-refractivity contribution in [1.82, 2.24) is 5.32 Å². The fourth-order valence-electron chi connectivity index (χ4n) is 2.14. The zero-order chi connectivity index (χ0) is 14.8. The predicted molar refractivity (Wildman–Crippen MR) is 85.1 cm³/mol. The van der Waals surface area contributed by atoms with E-state index in [9.17, 15) is 4.39 Å². The van der Waals surface area contributed by atoms with Crippen molar-refractivity contribution in [1.29, 1.82) is 0 Å². The van der Waals surface area contributed by atoms with Crippen LogP contribution in [0.2, 0.25) is 0 Å². The van der Waals surface area contributed by atoms with E-state index in [1.807, 2.05) is 25.1 Å². The lowest BCUT2D eigenvalue weighted by Gasteiger charge is -2.27. The van der Waals surface area contributed by atoms with Crippen LogP contribution in [0.1, 0.15) is 30.5 Å². The summed E-state index contributed by atoms with van der Waals surface area (Å²) < 4.78 is 14.2. The SMILES string of the molecule is Cc1cc(F)ccc1CNC(C)(C)c1ccc(Br)cc1. The summed E-state index contributed by atoms with van der Waals surface area (Å²) in [5.41, 5.74) is 3.18. The van der Waals surface area contributed by atoms with Crippen LogP contribution in [0.25, 0.3) is 0 Å². The molecule has 106 valence electrons. The van der Waals surface area contributed by atoms with Gasteiger partial charge in [0.1, 0.15) is 5.82 Å². The number of hydrogen-bond acceptors (Lipinski definition) is 1. The highest BCUT2D eigenvalue weighted by Crippen LogP contribution is 2.23. The Balaban J connectivity index is 2.10. The molecule has 0 aliphatic carbocycles. The van der Waals surface area contributed by atoms with Crippen molar-refractivity contribution in [2.24, 2.45) is 0 Å². The number of aryl methyl sites for hydroxylation is 1. The van der Waals surface area contributed by atoms with Gasteiger partial charge in [-0.25, -0.2) is 4.39 Å². The van der Waals surface area contributed by atoms with Crippen molar-refractivity contribution >= 4 is 15.9 Å². The Morgan fingerprint density at radius 3 is 2.35 bits per heavy atom. The molecular formula is C17H19BrFN. The highest BCUT2D eigenvalue weighted by molar-refractivity contribution is 9.10. The van der Waals surface area contributed by atoms with Gasteiger partial charge in [0.2, 0.25) is 0 Å². The zero-order valence-corrected chi connectivity index (χ0v) is 13.6. The van der Waals surface area contributed by atoms with Gasteiger partial charge in [0.05, 0.1) is 0 Å². The molecule has 2 aromatic carbocycles. The van der Waals surface area contributed by atoms with Gasteiger partial charge in [0.15, 0.2) is 0 Å². The van der Waals surface area contributed by atoms with Crippen LogP contribution in [0.15, 0.2) is 46.9 Å². The van der Waals surface area contributed by atoms with Gasteiger partial charge >= 0.3 is 0 Å². The van der Waals surface area contributed by atoms with E-state index in [0.717, 1.165) is 22.1 Å². The molecule has 0 spiro atoms. The van der Waals surface area contributed by atoms with E-state index < -0.39 is 0 Å². The number of rotatable bonds is 4. The van der Waals surface area contributed by atoms with Crippen molar-refractivity contribution in [2.45, 2.75) is 32.9 Å². The lowest BCUT2D eigenvalue weighted by atomic mass is 9.94. The molecule has 0 bridgehead atoms. The number of nitrogens with one attached hydrogen (secondary N) is 1. The summed E-state index contributed by atoms with van der Waals surface area (Å²) >= 11 is 3.45. The molecule has 0 aromatic heterocycles. The minimum atomic E-state index is -0.182. The van der Waals surface area contributed by atoms with Crippen LogP contribution in [0.5, 0.6) is 0 Å². The van der Waals surface area contributed by atoms with Crippen LogP contribution in [0.4, 0.5) is 4.39 Å². The van der Waals surface area contributed by atoms with E-state index in [2.05, 4.69) is 47.2 Å². The summed E-state index contributed by atoms with van der Waals surface area (Å²) in [5.74, 6) is -0.182. The molecule has 0 atom stereocenters. The van der Waals surface area contributed by atoms with Gasteiger partial charge in [-0.1, -0.05) is 34.1 Å². The monoisotopic (exact) mass is 335 g/mol. The maximum atomic E-state index is 13.1. The number of benzene rings is 2. The molecule has 0 aliphatic rings. The molecule has 0 saturated heterocycles. The second kappa shape index (κ2) is 6.06. The molecule has 2 rings (SSSR count). The first kappa shape index (κ1) is 15.2. The Morgan fingerprint density at radius 1 is 1.10 bits per heavy atom. The highest BCUT2D eigenvalue weighted by Gasteiger charge is 2.19. The molecule has 1 nitrogen and oxygen atoms in total. The fraction of sp³-hybridized carbons (Fsp3) is 0.294. The Hall–Kier alpha value is -1.19. The first-order valence-electron chi connectivity index (χ1n) is 6.64. The van der Waals surface area contributed by atoms with Crippen molar-refractivity contribution < 1.29 is 4.39 Å². The van der Waals surface area contributed by atoms with Crippen molar-refractivity contribution in [3.63, 3.8) is 0 Å². The third-order valence-electron chi connectivity index (χ3n) is 3.59. The minimum absolute atomic E-state index is 0.137. The molecule has 0 fully saturated rings. The first-order chi connectivity index (χ1) is 9.38. The molecule has 2 aromatic rings. The first-order valence-corrected chi connectivity index (χ1v) is 7.44. The molecule has 0 aliphatic heterocycles. The largest absolute Gasteiger partial charge is 0.304 e. The van der Waals surface area contributed by atoms with Gasteiger partial charge in [0, 0.05) is 16.6 Å². The van der Waals surface area contributed by atoms with Crippen molar-refractivity contribution in [3.8, 4) is 0 Å². The maximum Gasteiger partial charge on any atom is 0.123 e. The Labute approximate surface area is 128 Å². The molecule has 20 heavy (non-hydrogen) atoms. The second-order valence-corrected chi connectivity index (χ2v) is 6.47. The van der Waals surface area contributed by atoms with E-state index in [4.69, 9.17) is 0 Å². The topological polar surface area (TPSA) is 12.0 Å². The number of hydrogen-bond donors (Lipinski definition) is 1. The molecule has 0 saturated carbocycles. The van der Waals surface area contributed by atoms with Crippen molar-refractivity contribution in [3.05, 3.63) is 69.4 Å². The van der Waals surface area contributed by atoms with E-state index in [1.165, 1.54) is 11.6 Å². The van der Waals surface area contributed by atoms with Crippen LogP contribution in [0.3, 0.4) is 0 Å². The summed E-state index contributed by atoms with van der Waals surface area (Å²) in [6, 6.07) is 13.2. The average Bonchev–Trinajstić information content (AvgIpc) is 2.38. The third-order valence-corrected chi connectivity index (χ3v) is 4.12. The normalized spacial score (nSPS) is 11.7. The molecule has 0 heterocycles. The smallest absolute Gasteiger partial charge is 0.123 e. The lowest BCUT2D eigenvalue weighted by Crippen LogP contribution is -2.36. The molecule has 0 amide bonds. The van der Waals surface area contributed by atoms with Gasteiger partial charge in [-0.2, -0.15) is 0 Å². The highest BCUT2D eigenvalue weighted by atomic mass is 79.9. The Morgan fingerprint density at radius 2 is 1.75 bits per heavy atom. The minimum Gasteiger partial charge on any atom is -0.304 e. The molecular weight excluding hydrogens is 317 g/mol. The molecule has 0 radical (unpaired) electrons. The summed E-state index contributed by atoms with van der Waals surface area (Å²) in [6.45, 7) is 6.95. The van der Waals surface area contributed by atoms with E-state index in [-0.39, 0.29) is 11.4 Å². The maximum absolute atomic E-state index is 13.1. The van der Waals surface area contributed by atoms with Crippen LogP contribution >= 0.6 is 15.9 Å². The predicted octanol–water partition coefficient (Wildman–Crippen LogP) is 4.92. The van der Waals surface area contributed by atoms with Crippen LogP contribution in [0, 0.1) is 12.7 Å². The average molecular weight is 336 g/mol. The third kappa shape index (κ3) is 3.68. The van der Waals surface area contributed by atoms with Gasteiger partial charge in [-0.3, -0.25) is 0 Å². The van der Waals surface area contributed by atoms with Crippen LogP contribution in [-0.2, 0) is 12.1 Å². The summed E-state index contributed by atoms with van der Waals surface area (Å²) in [5, 5.41) is 3.53. The molecule has 3 heteroatoms. The zero-order valence-electron chi connectivity index (χ0n) is 12.0. The lowest BCUT2D eigenvalue weighted by molar-refractivity contribution is 0.400. The quantitative estimate of drug-likeness (QED) is 0.835. The van der Waals surface area contributed by atoms with Gasteiger partial charge in [0.25, 0.3) is 0 Å². The summed E-state index contributed by atoms with van der Waals surface area (Å²) in [4.78, 5) is 0. The van der Waals surface area contributed by atoms with Crippen molar-refractivity contribution in [2.75, 3.05) is 0 Å². The van der Waals surface area contributed by atoms with E-state index in [1.54, 1.807) is 6.07 Å². The molecule has 1 N–H and O–H groups in total. The second-order valence-electron chi connectivity index (χ2n) is 5.56. The van der Waals surface area contributed by atoms with E-state index >= 15 is 0 Å². The van der Waals surface area contributed by atoms with Crippen LogP contribution in [-0.4, -0.2) is 0 Å². The standard InChI is InChI=1S/C17H19BrFN/c1-12-10-16(19)9-4-13(12)11-20-17(2,3)14-5-7-15(18)8-6-14/h4-10,20H,11H2,1-3H3. The summed E-state index contributed by atoms with van der Waals surface area (Å²) in [6.07, 6.45) is 0. The molecule has 0 unspecified atom stereocenters. The Kier molecular flexibility index (Phi) is 4.61.